The van der Waals surface area contributed by atoms with Crippen molar-refractivity contribution < 1.29 is 22.4 Å². The third-order valence-corrected chi connectivity index (χ3v) is 6.85. The molecule has 1 aliphatic heterocycles. The van der Waals surface area contributed by atoms with Crippen LogP contribution in [0.2, 0.25) is 0 Å². The first kappa shape index (κ1) is 24.5. The molecule has 5 heterocycles. The smallest absolute Gasteiger partial charge is 0.382 e. The van der Waals surface area contributed by atoms with Gasteiger partial charge in [-0.25, -0.2) is 13.9 Å². The SMILES string of the molecule is C[C@@H](c1ccc(F)cc1)n1cc(N2CCc3ncc(-c4cc(C(F)(F)F)c5c(N)ncnn45)cc3C2=O)cn1. The minimum Gasteiger partial charge on any atom is -0.382 e. The highest BCUT2D eigenvalue weighted by Gasteiger charge is 2.37. The van der Waals surface area contributed by atoms with Crippen LogP contribution in [0, 0.1) is 5.82 Å². The first-order valence-corrected chi connectivity index (χ1v) is 11.9. The third kappa shape index (κ3) is 4.15. The maximum absolute atomic E-state index is 13.8. The molecule has 6 rings (SSSR count). The number of anilines is 2. The van der Waals surface area contributed by atoms with Crippen molar-refractivity contribution in [2.75, 3.05) is 17.2 Å². The number of rotatable bonds is 4. The van der Waals surface area contributed by atoms with Gasteiger partial charge in [-0.05, 0) is 36.8 Å². The van der Waals surface area contributed by atoms with Gasteiger partial charge in [0.15, 0.2) is 5.82 Å². The lowest BCUT2D eigenvalue weighted by Gasteiger charge is -2.27. The Hall–Kier alpha value is -4.81. The van der Waals surface area contributed by atoms with Crippen LogP contribution in [0.25, 0.3) is 16.8 Å². The molecule has 4 aromatic heterocycles. The molecule has 0 unspecified atom stereocenters. The van der Waals surface area contributed by atoms with E-state index >= 15 is 0 Å². The lowest BCUT2D eigenvalue weighted by molar-refractivity contribution is -0.136. The fourth-order valence-electron chi connectivity index (χ4n) is 4.79. The second-order valence-corrected chi connectivity index (χ2v) is 9.18. The highest BCUT2D eigenvalue weighted by atomic mass is 19.4. The zero-order valence-corrected chi connectivity index (χ0v) is 20.4. The minimum absolute atomic E-state index is 0.0765. The number of carbonyl (C=O) groups is 1. The summed E-state index contributed by atoms with van der Waals surface area (Å²) in [6.45, 7) is 2.26. The van der Waals surface area contributed by atoms with Gasteiger partial charge in [-0.1, -0.05) is 12.1 Å². The van der Waals surface area contributed by atoms with Gasteiger partial charge in [0.1, 0.15) is 17.7 Å². The number of nitrogens with two attached hydrogens (primary N) is 1. The Morgan fingerprint density at radius 1 is 1.05 bits per heavy atom. The summed E-state index contributed by atoms with van der Waals surface area (Å²) in [4.78, 5) is 23.2. The topological polar surface area (TPSA) is 107 Å². The number of alkyl halides is 3. The molecule has 1 aliphatic rings. The number of halogens is 4. The second-order valence-electron chi connectivity index (χ2n) is 9.18. The van der Waals surface area contributed by atoms with Crippen molar-refractivity contribution in [3.63, 3.8) is 0 Å². The second kappa shape index (κ2) is 8.89. The highest BCUT2D eigenvalue weighted by molar-refractivity contribution is 6.08. The van der Waals surface area contributed by atoms with E-state index in [1.165, 1.54) is 24.4 Å². The summed E-state index contributed by atoms with van der Waals surface area (Å²) in [7, 11) is 0. The van der Waals surface area contributed by atoms with Crippen LogP contribution in [0.15, 0.2) is 61.3 Å². The largest absolute Gasteiger partial charge is 0.418 e. The minimum atomic E-state index is -4.69. The van der Waals surface area contributed by atoms with Gasteiger partial charge in [0.25, 0.3) is 5.91 Å². The fourth-order valence-corrected chi connectivity index (χ4v) is 4.79. The molecule has 1 aromatic carbocycles. The molecule has 198 valence electrons. The van der Waals surface area contributed by atoms with Crippen molar-refractivity contribution in [1.29, 1.82) is 0 Å². The van der Waals surface area contributed by atoms with Crippen LogP contribution in [-0.4, -0.2) is 41.8 Å². The van der Waals surface area contributed by atoms with Gasteiger partial charge >= 0.3 is 6.18 Å². The van der Waals surface area contributed by atoms with Crippen molar-refractivity contribution >= 4 is 22.9 Å². The predicted molar refractivity (Wildman–Crippen MR) is 133 cm³/mol. The number of fused-ring (bicyclic) bond motifs is 2. The Kier molecular flexibility index (Phi) is 5.59. The quantitative estimate of drug-likeness (QED) is 0.338. The number of aromatic nitrogens is 6. The van der Waals surface area contributed by atoms with Gasteiger partial charge in [-0.2, -0.15) is 23.4 Å². The Morgan fingerprint density at radius 2 is 1.82 bits per heavy atom. The van der Waals surface area contributed by atoms with Gasteiger partial charge in [0.2, 0.25) is 0 Å². The Bertz CT molecular complexity index is 1720. The standard InChI is InChI=1S/C26H20F4N8O/c1-14(15-2-4-17(27)5-3-15)37-12-18(11-34-37)36-7-6-21-19(25(36)39)8-16(10-32-21)22-9-20(26(28,29)30)23-24(31)33-13-35-38(22)23/h2-5,8-14H,6-7H2,1H3,(H2,31,33,35)/t14-/m0/s1. The molecule has 0 fully saturated rings. The van der Waals surface area contributed by atoms with E-state index in [1.807, 2.05) is 6.92 Å². The van der Waals surface area contributed by atoms with E-state index in [0.29, 0.717) is 24.3 Å². The summed E-state index contributed by atoms with van der Waals surface area (Å²) in [5.74, 6) is -1.01. The third-order valence-electron chi connectivity index (χ3n) is 6.85. The van der Waals surface area contributed by atoms with E-state index < -0.39 is 11.7 Å². The average molecular weight is 536 g/mol. The summed E-state index contributed by atoms with van der Waals surface area (Å²) >= 11 is 0. The van der Waals surface area contributed by atoms with E-state index in [9.17, 15) is 22.4 Å². The van der Waals surface area contributed by atoms with Gasteiger partial charge in [0, 0.05) is 30.9 Å². The summed E-state index contributed by atoms with van der Waals surface area (Å²) < 4.78 is 57.3. The Balaban J connectivity index is 1.35. The molecule has 9 nitrogen and oxygen atoms in total. The summed E-state index contributed by atoms with van der Waals surface area (Å²) in [5.41, 5.74) is 6.96. The van der Waals surface area contributed by atoms with Gasteiger partial charge in [0.05, 0.1) is 40.4 Å². The van der Waals surface area contributed by atoms with Gasteiger partial charge in [-0.15, -0.1) is 0 Å². The van der Waals surface area contributed by atoms with Crippen molar-refractivity contribution in [2.45, 2.75) is 25.6 Å². The number of amides is 1. The van der Waals surface area contributed by atoms with E-state index in [0.717, 1.165) is 22.5 Å². The van der Waals surface area contributed by atoms with Crippen LogP contribution < -0.4 is 10.6 Å². The molecular formula is C26H20F4N8O. The van der Waals surface area contributed by atoms with Crippen molar-refractivity contribution in [3.8, 4) is 11.3 Å². The molecular weight excluding hydrogens is 516 g/mol. The van der Waals surface area contributed by atoms with Gasteiger partial charge in [-0.3, -0.25) is 14.5 Å². The van der Waals surface area contributed by atoms with Crippen LogP contribution in [0.4, 0.5) is 29.1 Å². The lowest BCUT2D eigenvalue weighted by Crippen LogP contribution is -2.38. The average Bonchev–Trinajstić information content (AvgIpc) is 3.55. The molecule has 5 aromatic rings. The van der Waals surface area contributed by atoms with Crippen molar-refractivity contribution in [2.24, 2.45) is 0 Å². The normalized spacial score (nSPS) is 14.6. The fraction of sp³-hybridized carbons (Fsp3) is 0.192. The first-order chi connectivity index (χ1) is 18.6. The number of carbonyl (C=O) groups excluding carboxylic acids is 1. The molecule has 0 radical (unpaired) electrons. The first-order valence-electron chi connectivity index (χ1n) is 11.9. The van der Waals surface area contributed by atoms with Crippen LogP contribution in [0.1, 0.15) is 40.1 Å². The number of benzene rings is 1. The molecule has 13 heteroatoms. The van der Waals surface area contributed by atoms with Crippen LogP contribution in [0.3, 0.4) is 0 Å². The number of hydrogen-bond acceptors (Lipinski definition) is 6. The predicted octanol–water partition coefficient (Wildman–Crippen LogP) is 4.54. The monoisotopic (exact) mass is 536 g/mol. The van der Waals surface area contributed by atoms with E-state index in [1.54, 1.807) is 34.1 Å². The molecule has 2 N–H and O–H groups in total. The van der Waals surface area contributed by atoms with Crippen LogP contribution in [-0.2, 0) is 12.6 Å². The molecule has 1 amide bonds. The van der Waals surface area contributed by atoms with Crippen molar-refractivity contribution in [3.05, 3.63) is 89.5 Å². The molecule has 0 aliphatic carbocycles. The maximum Gasteiger partial charge on any atom is 0.418 e. The molecule has 0 saturated carbocycles. The van der Waals surface area contributed by atoms with E-state index in [-0.39, 0.29) is 45.9 Å². The number of nitrogen functional groups attached to an aromatic ring is 1. The number of hydrogen-bond donors (Lipinski definition) is 1. The zero-order valence-electron chi connectivity index (χ0n) is 20.4. The molecule has 1 atom stereocenters. The zero-order chi connectivity index (χ0) is 27.5. The molecule has 0 bridgehead atoms. The number of nitrogens with zero attached hydrogens (tertiary/aromatic N) is 7. The van der Waals surface area contributed by atoms with Crippen molar-refractivity contribution in [1.82, 2.24) is 29.4 Å². The van der Waals surface area contributed by atoms with Crippen LogP contribution >= 0.6 is 0 Å². The van der Waals surface area contributed by atoms with E-state index in [4.69, 9.17) is 5.73 Å². The molecule has 0 saturated heterocycles. The van der Waals surface area contributed by atoms with E-state index in [2.05, 4.69) is 20.2 Å². The summed E-state index contributed by atoms with van der Waals surface area (Å²) in [6, 6.07) is 8.32. The Morgan fingerprint density at radius 3 is 2.56 bits per heavy atom. The highest BCUT2D eigenvalue weighted by Crippen LogP contribution is 2.39. The van der Waals surface area contributed by atoms with Crippen LogP contribution in [0.5, 0.6) is 0 Å². The summed E-state index contributed by atoms with van der Waals surface area (Å²) in [5, 5.41) is 8.36. The Labute approximate surface area is 218 Å². The molecule has 39 heavy (non-hydrogen) atoms. The summed E-state index contributed by atoms with van der Waals surface area (Å²) in [6.07, 6.45) is 1.53. The molecule has 0 spiro atoms. The number of pyridine rings is 1. The lowest BCUT2D eigenvalue weighted by atomic mass is 10.0. The van der Waals surface area contributed by atoms with Gasteiger partial charge < -0.3 is 10.6 Å². The maximum atomic E-state index is 13.8.